The van der Waals surface area contributed by atoms with Crippen LogP contribution < -0.4 is 4.74 Å². The van der Waals surface area contributed by atoms with Gasteiger partial charge in [-0.2, -0.15) is 0 Å². The maximum atomic E-state index is 13.2. The van der Waals surface area contributed by atoms with Crippen LogP contribution in [0.1, 0.15) is 29.3 Å². The zero-order chi connectivity index (χ0) is 19.2. The number of hydrogen-bond acceptors (Lipinski definition) is 7. The third-order valence-electron chi connectivity index (χ3n) is 4.93. The van der Waals surface area contributed by atoms with E-state index in [1.54, 1.807) is 13.0 Å². The number of phenols is 1. The van der Waals surface area contributed by atoms with Crippen LogP contribution in [-0.4, -0.2) is 46.6 Å². The Labute approximate surface area is 150 Å². The molecule has 0 amide bonds. The highest BCUT2D eigenvalue weighted by atomic mass is 16.5. The first-order valence-electron chi connectivity index (χ1n) is 8.23. The lowest BCUT2D eigenvalue weighted by atomic mass is 9.67. The van der Waals surface area contributed by atoms with Crippen molar-refractivity contribution in [3.63, 3.8) is 0 Å². The highest BCUT2D eigenvalue weighted by Gasteiger charge is 2.64. The number of methoxy groups -OCH3 is 1. The van der Waals surface area contributed by atoms with Crippen LogP contribution in [0.25, 0.3) is 0 Å². The minimum atomic E-state index is -1.98. The van der Waals surface area contributed by atoms with E-state index in [-0.39, 0.29) is 29.3 Å². The number of carbonyl (C=O) groups is 3. The smallest absolute Gasteiger partial charge is 0.313 e. The van der Waals surface area contributed by atoms with Crippen molar-refractivity contribution in [2.24, 2.45) is 11.8 Å². The van der Waals surface area contributed by atoms with Crippen molar-refractivity contribution in [1.82, 2.24) is 0 Å². The van der Waals surface area contributed by atoms with Gasteiger partial charge in [0.2, 0.25) is 11.4 Å². The molecule has 3 rings (SSSR count). The maximum absolute atomic E-state index is 13.2. The molecule has 1 aliphatic heterocycles. The molecule has 7 heteroatoms. The molecule has 0 aromatic heterocycles. The van der Waals surface area contributed by atoms with Crippen LogP contribution in [0.2, 0.25) is 0 Å². The van der Waals surface area contributed by atoms with Gasteiger partial charge in [-0.1, -0.05) is 12.2 Å². The average Bonchev–Trinajstić information content (AvgIpc) is 2.83. The van der Waals surface area contributed by atoms with Gasteiger partial charge in [0.25, 0.3) is 0 Å². The monoisotopic (exact) mass is 360 g/mol. The van der Waals surface area contributed by atoms with Gasteiger partial charge in [-0.15, -0.1) is 0 Å². The highest BCUT2D eigenvalue weighted by molar-refractivity contribution is 6.12. The van der Waals surface area contributed by atoms with E-state index in [9.17, 15) is 24.6 Å². The van der Waals surface area contributed by atoms with E-state index in [0.29, 0.717) is 5.56 Å². The van der Waals surface area contributed by atoms with Crippen LogP contribution >= 0.6 is 0 Å². The van der Waals surface area contributed by atoms with Crippen LogP contribution in [0.15, 0.2) is 24.3 Å². The van der Waals surface area contributed by atoms with Crippen molar-refractivity contribution in [3.05, 3.63) is 35.4 Å². The summed E-state index contributed by atoms with van der Waals surface area (Å²) in [5, 5.41) is 20.8. The van der Waals surface area contributed by atoms with E-state index in [1.807, 2.05) is 0 Å². The summed E-state index contributed by atoms with van der Waals surface area (Å²) in [7, 11) is 1.17. The molecule has 1 aromatic rings. The number of aliphatic hydroxyl groups is 1. The fourth-order valence-corrected chi connectivity index (χ4v) is 3.87. The molecule has 0 radical (unpaired) electrons. The Morgan fingerprint density at radius 3 is 2.62 bits per heavy atom. The highest BCUT2D eigenvalue weighted by Crippen LogP contribution is 2.50. The van der Waals surface area contributed by atoms with Gasteiger partial charge in [-0.3, -0.25) is 9.59 Å². The minimum absolute atomic E-state index is 0.0112. The molecular formula is C19H20O7. The van der Waals surface area contributed by atoms with Crippen molar-refractivity contribution in [2.45, 2.75) is 32.0 Å². The van der Waals surface area contributed by atoms with Crippen LogP contribution in [0.3, 0.4) is 0 Å². The second-order valence-corrected chi connectivity index (χ2v) is 6.78. The fraction of sp³-hybridized carbons (Fsp3) is 0.421. The van der Waals surface area contributed by atoms with E-state index >= 15 is 0 Å². The number of aromatic hydroxyl groups is 1. The molecule has 1 heterocycles. The lowest BCUT2D eigenvalue weighted by Gasteiger charge is -2.41. The number of fused-ring (bicyclic) bond motifs is 1. The third-order valence-corrected chi connectivity index (χ3v) is 4.93. The molecule has 2 aliphatic rings. The van der Waals surface area contributed by atoms with Gasteiger partial charge in [0, 0.05) is 12.3 Å². The number of rotatable bonds is 3. The maximum Gasteiger partial charge on any atom is 0.313 e. The zero-order valence-corrected chi connectivity index (χ0v) is 14.7. The predicted molar refractivity (Wildman–Crippen MR) is 90.0 cm³/mol. The molecule has 7 nitrogen and oxygen atoms in total. The van der Waals surface area contributed by atoms with Crippen molar-refractivity contribution in [1.29, 1.82) is 0 Å². The van der Waals surface area contributed by atoms with E-state index in [4.69, 9.17) is 9.47 Å². The molecule has 26 heavy (non-hydrogen) atoms. The summed E-state index contributed by atoms with van der Waals surface area (Å²) in [5.74, 6) is -3.74. The number of aryl methyl sites for hydroxylation is 1. The van der Waals surface area contributed by atoms with E-state index in [1.165, 1.54) is 32.3 Å². The van der Waals surface area contributed by atoms with Crippen LogP contribution in [0.4, 0.5) is 0 Å². The normalized spacial score (nSPS) is 29.4. The van der Waals surface area contributed by atoms with E-state index in [0.717, 1.165) is 0 Å². The van der Waals surface area contributed by atoms with Gasteiger partial charge in [0.1, 0.15) is 34.9 Å². The number of esters is 1. The van der Waals surface area contributed by atoms with Gasteiger partial charge < -0.3 is 24.5 Å². The number of ketones is 2. The summed E-state index contributed by atoms with van der Waals surface area (Å²) in [6.07, 6.45) is 1.43. The number of hydrogen-bond donors (Lipinski definition) is 2. The number of allylic oxidation sites excluding steroid dienone is 1. The molecule has 0 fully saturated rings. The Hall–Kier alpha value is -2.67. The molecule has 138 valence electrons. The van der Waals surface area contributed by atoms with Crippen LogP contribution in [-0.2, 0) is 14.3 Å². The molecule has 0 saturated heterocycles. The zero-order valence-electron chi connectivity index (χ0n) is 14.7. The van der Waals surface area contributed by atoms with Gasteiger partial charge in [0.15, 0.2) is 0 Å². The molecule has 2 N–H and O–H groups in total. The Morgan fingerprint density at radius 2 is 2.00 bits per heavy atom. The molecular weight excluding hydrogens is 340 g/mol. The number of benzene rings is 1. The number of ether oxygens (including phenoxy) is 2. The summed E-state index contributed by atoms with van der Waals surface area (Å²) in [6, 6.07) is 2.96. The lowest BCUT2D eigenvalue weighted by Crippen LogP contribution is -2.62. The summed E-state index contributed by atoms with van der Waals surface area (Å²) in [6.45, 7) is 3.09. The van der Waals surface area contributed by atoms with Gasteiger partial charge >= 0.3 is 5.97 Å². The quantitative estimate of drug-likeness (QED) is 0.618. The fourth-order valence-electron chi connectivity index (χ4n) is 3.87. The molecule has 4 atom stereocenters. The van der Waals surface area contributed by atoms with Crippen molar-refractivity contribution in [2.75, 3.05) is 7.11 Å². The molecule has 1 aliphatic carbocycles. The van der Waals surface area contributed by atoms with Crippen LogP contribution in [0.5, 0.6) is 11.5 Å². The number of Topliss-reactive ketones (excluding diaryl/α,β-unsaturated/α-hetero) is 2. The second-order valence-electron chi connectivity index (χ2n) is 6.78. The Bertz CT molecular complexity index is 825. The standard InChI is InChI=1S/C19H20O7/c1-9-6-12(21)15-13(7-9)26-19(17(15)23)14(22)5-4-11(8-10(2)20)16(19)18(24)25-3/h4-7,11,14,16,21-22H,8H2,1-3H3/t11-,14+,16+,19+/m0/s1. The van der Waals surface area contributed by atoms with Gasteiger partial charge in [0.05, 0.1) is 7.11 Å². The number of phenolic OH excluding ortho intramolecular Hbond substituents is 1. The molecule has 0 saturated carbocycles. The van der Waals surface area contributed by atoms with E-state index in [2.05, 4.69) is 0 Å². The summed E-state index contributed by atoms with van der Waals surface area (Å²) in [4.78, 5) is 37.4. The van der Waals surface area contributed by atoms with E-state index < -0.39 is 35.3 Å². The Kier molecular flexibility index (Phi) is 4.36. The van der Waals surface area contributed by atoms with Gasteiger partial charge in [-0.05, 0) is 31.5 Å². The largest absolute Gasteiger partial charge is 0.507 e. The Morgan fingerprint density at radius 1 is 1.31 bits per heavy atom. The average molecular weight is 360 g/mol. The Balaban J connectivity index is 2.18. The summed E-state index contributed by atoms with van der Waals surface area (Å²) >= 11 is 0. The molecule has 0 bridgehead atoms. The lowest BCUT2D eigenvalue weighted by molar-refractivity contribution is -0.159. The molecule has 1 aromatic carbocycles. The first kappa shape index (κ1) is 18.1. The first-order valence-corrected chi connectivity index (χ1v) is 8.23. The van der Waals surface area contributed by atoms with Crippen LogP contribution in [0, 0.1) is 18.8 Å². The topological polar surface area (TPSA) is 110 Å². The van der Waals surface area contributed by atoms with Gasteiger partial charge in [-0.25, -0.2) is 0 Å². The second kappa shape index (κ2) is 6.25. The summed E-state index contributed by atoms with van der Waals surface area (Å²) < 4.78 is 10.7. The van der Waals surface area contributed by atoms with Crippen molar-refractivity contribution in [3.8, 4) is 11.5 Å². The predicted octanol–water partition coefficient (Wildman–Crippen LogP) is 1.33. The molecule has 0 unspecified atom stereocenters. The number of aliphatic hydroxyl groups excluding tert-OH is 1. The first-order chi connectivity index (χ1) is 12.2. The van der Waals surface area contributed by atoms with Crippen molar-refractivity contribution >= 4 is 17.5 Å². The molecule has 1 spiro atoms. The number of carbonyl (C=O) groups excluding carboxylic acids is 3. The minimum Gasteiger partial charge on any atom is -0.507 e. The third kappa shape index (κ3) is 2.50. The SMILES string of the molecule is COC(=O)[C@H]1[C@H](CC(C)=O)C=C[C@@H](O)[C@@]12Oc1cc(C)cc(O)c1C2=O. The summed E-state index contributed by atoms with van der Waals surface area (Å²) in [5.41, 5.74) is -1.41. The van der Waals surface area contributed by atoms with Crippen molar-refractivity contribution < 1.29 is 34.1 Å².